The summed E-state index contributed by atoms with van der Waals surface area (Å²) in [6.45, 7) is 0. The maximum absolute atomic E-state index is 11.5. The fourth-order valence-corrected chi connectivity index (χ4v) is 2.53. The van der Waals surface area contributed by atoms with Crippen LogP contribution in [0.15, 0.2) is 23.2 Å². The first kappa shape index (κ1) is 10.9. The van der Waals surface area contributed by atoms with Crippen LogP contribution in [0.4, 0.5) is 0 Å². The van der Waals surface area contributed by atoms with E-state index in [9.17, 15) is 8.42 Å². The van der Waals surface area contributed by atoms with E-state index in [2.05, 4.69) is 5.10 Å². The quantitative estimate of drug-likeness (QED) is 0.815. The molecule has 0 saturated carbocycles. The lowest BCUT2D eigenvalue weighted by Crippen LogP contribution is -2.13. The summed E-state index contributed by atoms with van der Waals surface area (Å²) >= 11 is 0. The Morgan fingerprint density at radius 1 is 1.44 bits per heavy atom. The topological polar surface area (TPSA) is 87.2 Å². The molecule has 0 aliphatic heterocycles. The minimum absolute atomic E-state index is 0.0272. The Morgan fingerprint density at radius 3 is 2.69 bits per heavy atom. The highest BCUT2D eigenvalue weighted by atomic mass is 32.2. The van der Waals surface area contributed by atoms with E-state index in [4.69, 9.17) is 9.88 Å². The van der Waals surface area contributed by atoms with Gasteiger partial charge in [-0.2, -0.15) is 5.10 Å². The molecule has 2 aromatic rings. The maximum Gasteiger partial charge on any atom is 0.242 e. The number of primary sulfonamides is 1. The van der Waals surface area contributed by atoms with Gasteiger partial charge in [-0.3, -0.25) is 4.68 Å². The van der Waals surface area contributed by atoms with Crippen LogP contribution in [0.3, 0.4) is 0 Å². The Hall–Kier alpha value is -1.60. The van der Waals surface area contributed by atoms with Gasteiger partial charge in [-0.25, -0.2) is 13.6 Å². The fourth-order valence-electron chi connectivity index (χ4n) is 1.64. The lowest BCUT2D eigenvalue weighted by atomic mass is 10.2. The third kappa shape index (κ3) is 1.54. The molecule has 1 aromatic carbocycles. The number of nitrogens with zero attached hydrogens (tertiary/aromatic N) is 2. The van der Waals surface area contributed by atoms with Crippen LogP contribution in [-0.2, 0) is 17.1 Å². The van der Waals surface area contributed by atoms with Crippen LogP contribution < -0.4 is 9.88 Å². The standard InChI is InChI=1S/C9H11N3O3S/c1-12-7-3-4-8(15-2)9(16(10,13)14)6(7)5-11-12/h3-5H,1-2H3,(H2,10,13,14). The normalized spacial score (nSPS) is 11.9. The molecule has 6 nitrogen and oxygen atoms in total. The van der Waals surface area contributed by atoms with Crippen molar-refractivity contribution in [2.75, 3.05) is 7.11 Å². The molecule has 2 rings (SSSR count). The average molecular weight is 241 g/mol. The Labute approximate surface area is 92.7 Å². The van der Waals surface area contributed by atoms with Crippen LogP contribution in [-0.4, -0.2) is 25.3 Å². The Morgan fingerprint density at radius 2 is 2.12 bits per heavy atom. The highest BCUT2D eigenvalue weighted by Crippen LogP contribution is 2.30. The number of rotatable bonds is 2. The molecular formula is C9H11N3O3S. The molecule has 0 bridgehead atoms. The van der Waals surface area contributed by atoms with Crippen LogP contribution in [0.2, 0.25) is 0 Å². The molecule has 0 amide bonds. The number of methoxy groups -OCH3 is 1. The molecular weight excluding hydrogens is 230 g/mol. The molecule has 0 radical (unpaired) electrons. The second-order valence-corrected chi connectivity index (χ2v) is 4.84. The van der Waals surface area contributed by atoms with E-state index in [-0.39, 0.29) is 10.6 Å². The van der Waals surface area contributed by atoms with Crippen molar-refractivity contribution in [1.29, 1.82) is 0 Å². The lowest BCUT2D eigenvalue weighted by Gasteiger charge is -2.07. The summed E-state index contributed by atoms with van der Waals surface area (Å²) in [5, 5.41) is 9.61. The molecule has 16 heavy (non-hydrogen) atoms. The molecule has 1 heterocycles. The van der Waals surface area contributed by atoms with Crippen LogP contribution >= 0.6 is 0 Å². The predicted molar refractivity (Wildman–Crippen MR) is 58.6 cm³/mol. The second-order valence-electron chi connectivity index (χ2n) is 3.34. The summed E-state index contributed by atoms with van der Waals surface area (Å²) in [6, 6.07) is 3.29. The number of hydrogen-bond donors (Lipinski definition) is 1. The van der Waals surface area contributed by atoms with Crippen molar-refractivity contribution in [3.05, 3.63) is 18.3 Å². The van der Waals surface area contributed by atoms with E-state index in [1.54, 1.807) is 23.9 Å². The van der Waals surface area contributed by atoms with Gasteiger partial charge in [0.05, 0.1) is 18.8 Å². The highest BCUT2D eigenvalue weighted by Gasteiger charge is 2.20. The highest BCUT2D eigenvalue weighted by molar-refractivity contribution is 7.89. The van der Waals surface area contributed by atoms with Gasteiger partial charge in [-0.15, -0.1) is 0 Å². The van der Waals surface area contributed by atoms with Gasteiger partial charge in [0, 0.05) is 12.4 Å². The van der Waals surface area contributed by atoms with Crippen molar-refractivity contribution in [2.45, 2.75) is 4.90 Å². The monoisotopic (exact) mass is 241 g/mol. The molecule has 0 fully saturated rings. The minimum Gasteiger partial charge on any atom is -0.495 e. The van der Waals surface area contributed by atoms with Crippen molar-refractivity contribution < 1.29 is 13.2 Å². The summed E-state index contributed by atoms with van der Waals surface area (Å²) in [5.74, 6) is 0.225. The van der Waals surface area contributed by atoms with Gasteiger partial charge in [-0.05, 0) is 12.1 Å². The molecule has 2 N–H and O–H groups in total. The lowest BCUT2D eigenvalue weighted by molar-refractivity contribution is 0.404. The number of aryl methyl sites for hydroxylation is 1. The maximum atomic E-state index is 11.5. The van der Waals surface area contributed by atoms with Gasteiger partial charge >= 0.3 is 0 Å². The third-order valence-corrected chi connectivity index (χ3v) is 3.34. The number of aromatic nitrogens is 2. The van der Waals surface area contributed by atoms with Gasteiger partial charge in [0.25, 0.3) is 0 Å². The third-order valence-electron chi connectivity index (χ3n) is 2.35. The van der Waals surface area contributed by atoms with Gasteiger partial charge < -0.3 is 4.74 Å². The molecule has 86 valence electrons. The number of benzene rings is 1. The van der Waals surface area contributed by atoms with Crippen molar-refractivity contribution in [3.63, 3.8) is 0 Å². The molecule has 0 atom stereocenters. The summed E-state index contributed by atoms with van der Waals surface area (Å²) in [7, 11) is -0.718. The zero-order chi connectivity index (χ0) is 11.9. The number of sulfonamides is 1. The van der Waals surface area contributed by atoms with Crippen molar-refractivity contribution >= 4 is 20.9 Å². The van der Waals surface area contributed by atoms with Gasteiger partial charge in [0.2, 0.25) is 10.0 Å². The number of fused-ring (bicyclic) bond motifs is 1. The Bertz CT molecular complexity index is 645. The molecule has 0 aliphatic rings. The molecule has 1 aromatic heterocycles. The van der Waals surface area contributed by atoms with Crippen LogP contribution in [0, 0.1) is 0 Å². The van der Waals surface area contributed by atoms with Crippen LogP contribution in [0.1, 0.15) is 0 Å². The molecule has 0 aliphatic carbocycles. The van der Waals surface area contributed by atoms with E-state index >= 15 is 0 Å². The van der Waals surface area contributed by atoms with E-state index in [0.29, 0.717) is 10.9 Å². The summed E-state index contributed by atoms with van der Waals surface area (Å²) in [6.07, 6.45) is 1.46. The number of nitrogens with two attached hydrogens (primary N) is 1. The van der Waals surface area contributed by atoms with Gasteiger partial charge in [0.1, 0.15) is 10.6 Å². The molecule has 0 unspecified atom stereocenters. The summed E-state index contributed by atoms with van der Waals surface area (Å²) in [4.78, 5) is -0.0272. The average Bonchev–Trinajstić information content (AvgIpc) is 2.57. The smallest absolute Gasteiger partial charge is 0.242 e. The van der Waals surface area contributed by atoms with Crippen molar-refractivity contribution in [3.8, 4) is 5.75 Å². The summed E-state index contributed by atoms with van der Waals surface area (Å²) < 4.78 is 29.6. The van der Waals surface area contributed by atoms with Gasteiger partial charge in [0.15, 0.2) is 0 Å². The minimum atomic E-state index is -3.84. The predicted octanol–water partition coefficient (Wildman–Crippen LogP) is 0.229. The first-order valence-electron chi connectivity index (χ1n) is 4.46. The van der Waals surface area contributed by atoms with Crippen molar-refractivity contribution in [2.24, 2.45) is 12.2 Å². The number of ether oxygens (including phenoxy) is 1. The number of hydrogen-bond acceptors (Lipinski definition) is 4. The molecule has 7 heteroatoms. The van der Waals surface area contributed by atoms with Crippen molar-refractivity contribution in [1.82, 2.24) is 9.78 Å². The molecule has 0 spiro atoms. The summed E-state index contributed by atoms with van der Waals surface area (Å²) in [5.41, 5.74) is 0.685. The second kappa shape index (κ2) is 3.46. The van der Waals surface area contributed by atoms with E-state index in [0.717, 1.165) is 0 Å². The largest absolute Gasteiger partial charge is 0.495 e. The van der Waals surface area contributed by atoms with Crippen LogP contribution in [0.25, 0.3) is 10.9 Å². The fraction of sp³-hybridized carbons (Fsp3) is 0.222. The SMILES string of the molecule is COc1ccc2c(cnn2C)c1S(N)(=O)=O. The zero-order valence-corrected chi connectivity index (χ0v) is 9.65. The Kier molecular flexibility index (Phi) is 2.36. The van der Waals surface area contributed by atoms with Gasteiger partial charge in [-0.1, -0.05) is 0 Å². The van der Waals surface area contributed by atoms with E-state index in [1.165, 1.54) is 13.3 Å². The first-order chi connectivity index (χ1) is 7.45. The van der Waals surface area contributed by atoms with Crippen LogP contribution in [0.5, 0.6) is 5.75 Å². The zero-order valence-electron chi connectivity index (χ0n) is 8.84. The Balaban J connectivity index is 2.95. The molecule has 0 saturated heterocycles. The van der Waals surface area contributed by atoms with E-state index < -0.39 is 10.0 Å². The van der Waals surface area contributed by atoms with E-state index in [1.807, 2.05) is 0 Å². The first-order valence-corrected chi connectivity index (χ1v) is 6.01.